The van der Waals surface area contributed by atoms with Gasteiger partial charge in [-0.3, -0.25) is 9.79 Å². The number of Topliss-reactive ketones (excluding diaryl/α,β-unsaturated/α-hetero) is 1. The predicted octanol–water partition coefficient (Wildman–Crippen LogP) is -0.147. The molecule has 0 aromatic carbocycles. The van der Waals surface area contributed by atoms with Gasteiger partial charge >= 0.3 is 0 Å². The lowest BCUT2D eigenvalue weighted by atomic mass is 10.2. The maximum Gasteiger partial charge on any atom is 0.175 e. The molecule has 0 saturated heterocycles. The third-order valence-electron chi connectivity index (χ3n) is 1.65. The fourth-order valence-corrected chi connectivity index (χ4v) is 0.801. The van der Waals surface area contributed by atoms with E-state index in [1.807, 2.05) is 6.92 Å². The largest absolute Gasteiger partial charge is 0.396 e. The van der Waals surface area contributed by atoms with Crippen LogP contribution in [0.15, 0.2) is 16.8 Å². The molecule has 5 nitrogen and oxygen atoms in total. The van der Waals surface area contributed by atoms with E-state index in [-0.39, 0.29) is 17.5 Å². The summed E-state index contributed by atoms with van der Waals surface area (Å²) in [5.41, 5.74) is 11.8. The zero-order chi connectivity index (χ0) is 11.8. The third-order valence-corrected chi connectivity index (χ3v) is 1.65. The van der Waals surface area contributed by atoms with Crippen molar-refractivity contribution in [2.24, 2.45) is 16.5 Å². The molecule has 1 atom stereocenters. The SMILES string of the molecule is C/N=C(\C=C(\N)C(C)=O)COC[C@@H](C)N. The highest BCUT2D eigenvalue weighted by Gasteiger charge is 2.02. The molecule has 0 spiro atoms. The molecular formula is C10H19N3O2. The van der Waals surface area contributed by atoms with Crippen molar-refractivity contribution >= 4 is 11.5 Å². The second-order valence-corrected chi connectivity index (χ2v) is 3.36. The first kappa shape index (κ1) is 13.8. The molecule has 0 saturated carbocycles. The second-order valence-electron chi connectivity index (χ2n) is 3.36. The molecule has 0 heterocycles. The molecule has 0 unspecified atom stereocenters. The van der Waals surface area contributed by atoms with Gasteiger partial charge in [-0.15, -0.1) is 0 Å². The molecule has 0 radical (unpaired) electrons. The Morgan fingerprint density at radius 3 is 2.60 bits per heavy atom. The van der Waals surface area contributed by atoms with Crippen molar-refractivity contribution in [1.82, 2.24) is 0 Å². The zero-order valence-corrected chi connectivity index (χ0v) is 9.49. The minimum Gasteiger partial charge on any atom is -0.396 e. The summed E-state index contributed by atoms with van der Waals surface area (Å²) < 4.78 is 5.26. The molecule has 0 aromatic rings. The Balaban J connectivity index is 4.17. The first-order valence-corrected chi connectivity index (χ1v) is 4.74. The molecule has 4 N–H and O–H groups in total. The number of ether oxygens (including phenoxy) is 1. The molecule has 0 fully saturated rings. The average Bonchev–Trinajstić information content (AvgIpc) is 2.15. The van der Waals surface area contributed by atoms with Crippen molar-refractivity contribution in [2.75, 3.05) is 20.3 Å². The Morgan fingerprint density at radius 2 is 2.20 bits per heavy atom. The number of nitrogens with two attached hydrogens (primary N) is 2. The Morgan fingerprint density at radius 1 is 1.60 bits per heavy atom. The molecule has 0 aliphatic heterocycles. The number of allylic oxidation sites excluding steroid dienone is 1. The Bertz CT molecular complexity index is 270. The average molecular weight is 213 g/mol. The Kier molecular flexibility index (Phi) is 6.57. The fraction of sp³-hybridized carbons (Fsp3) is 0.600. The number of rotatable bonds is 6. The number of carbonyl (C=O) groups is 1. The van der Waals surface area contributed by atoms with Gasteiger partial charge in [0.25, 0.3) is 0 Å². The summed E-state index contributed by atoms with van der Waals surface area (Å²) in [5.74, 6) is -0.177. The van der Waals surface area contributed by atoms with Crippen LogP contribution >= 0.6 is 0 Å². The molecule has 15 heavy (non-hydrogen) atoms. The van der Waals surface area contributed by atoms with E-state index in [1.165, 1.54) is 13.0 Å². The standard InChI is InChI=1S/C10H19N3O2/c1-7(11)5-15-6-9(13-3)4-10(12)8(2)14/h4,7H,5-6,11-12H2,1-3H3/b10-4+,13-9+/t7-/m1/s1. The van der Waals surface area contributed by atoms with Crippen LogP contribution in [0.1, 0.15) is 13.8 Å². The molecule has 5 heteroatoms. The molecule has 0 rings (SSSR count). The van der Waals surface area contributed by atoms with Crippen LogP contribution in [0.4, 0.5) is 0 Å². The van der Waals surface area contributed by atoms with Crippen LogP contribution in [0.2, 0.25) is 0 Å². The molecule has 0 aliphatic carbocycles. The van der Waals surface area contributed by atoms with E-state index in [0.29, 0.717) is 18.9 Å². The zero-order valence-electron chi connectivity index (χ0n) is 9.49. The number of aliphatic imine (C=N–C) groups is 1. The topological polar surface area (TPSA) is 90.7 Å². The second kappa shape index (κ2) is 7.14. The van der Waals surface area contributed by atoms with Crippen LogP contribution in [-0.4, -0.2) is 37.8 Å². The molecule has 0 bridgehead atoms. The maximum absolute atomic E-state index is 10.9. The van der Waals surface area contributed by atoms with Gasteiger partial charge in [0.15, 0.2) is 5.78 Å². The van der Waals surface area contributed by atoms with E-state index >= 15 is 0 Å². The van der Waals surface area contributed by atoms with E-state index in [0.717, 1.165) is 0 Å². The minimum absolute atomic E-state index is 0.0164. The van der Waals surface area contributed by atoms with Crippen molar-refractivity contribution < 1.29 is 9.53 Å². The first-order chi connectivity index (χ1) is 6.97. The number of hydrogen-bond acceptors (Lipinski definition) is 5. The maximum atomic E-state index is 10.9. The lowest BCUT2D eigenvalue weighted by Gasteiger charge is -2.07. The normalized spacial score (nSPS) is 15.2. The molecule has 0 amide bonds. The number of hydrogen-bond donors (Lipinski definition) is 2. The van der Waals surface area contributed by atoms with Crippen molar-refractivity contribution in [3.63, 3.8) is 0 Å². The van der Waals surface area contributed by atoms with Crippen molar-refractivity contribution in [1.29, 1.82) is 0 Å². The van der Waals surface area contributed by atoms with E-state index in [2.05, 4.69) is 4.99 Å². The van der Waals surface area contributed by atoms with Gasteiger partial charge < -0.3 is 16.2 Å². The van der Waals surface area contributed by atoms with Gasteiger partial charge in [0, 0.05) is 20.0 Å². The Labute approximate surface area is 90.2 Å². The first-order valence-electron chi connectivity index (χ1n) is 4.74. The predicted molar refractivity (Wildman–Crippen MR) is 60.8 cm³/mol. The van der Waals surface area contributed by atoms with Gasteiger partial charge in [-0.05, 0) is 13.0 Å². The van der Waals surface area contributed by atoms with E-state index in [1.54, 1.807) is 7.05 Å². The summed E-state index contributed by atoms with van der Waals surface area (Å²) in [6, 6.07) is -0.0164. The van der Waals surface area contributed by atoms with Gasteiger partial charge in [-0.25, -0.2) is 0 Å². The van der Waals surface area contributed by atoms with Crippen molar-refractivity contribution in [3.05, 3.63) is 11.8 Å². The lowest BCUT2D eigenvalue weighted by Crippen LogP contribution is -2.24. The number of carbonyl (C=O) groups excluding carboxylic acids is 1. The molecule has 86 valence electrons. The Hall–Kier alpha value is -1.20. The van der Waals surface area contributed by atoms with E-state index in [9.17, 15) is 4.79 Å². The molecule has 0 aliphatic rings. The summed E-state index contributed by atoms with van der Waals surface area (Å²) in [4.78, 5) is 14.8. The monoisotopic (exact) mass is 213 g/mol. The fourth-order valence-electron chi connectivity index (χ4n) is 0.801. The smallest absolute Gasteiger partial charge is 0.175 e. The lowest BCUT2D eigenvalue weighted by molar-refractivity contribution is -0.113. The van der Waals surface area contributed by atoms with Gasteiger partial charge in [0.05, 0.1) is 24.6 Å². The van der Waals surface area contributed by atoms with E-state index in [4.69, 9.17) is 16.2 Å². The number of ketones is 1. The molecular weight excluding hydrogens is 194 g/mol. The highest BCUT2D eigenvalue weighted by Crippen LogP contribution is 1.91. The van der Waals surface area contributed by atoms with Crippen LogP contribution in [0.25, 0.3) is 0 Å². The van der Waals surface area contributed by atoms with Crippen LogP contribution in [0.5, 0.6) is 0 Å². The summed E-state index contributed by atoms with van der Waals surface area (Å²) in [5, 5.41) is 0. The van der Waals surface area contributed by atoms with Crippen molar-refractivity contribution in [2.45, 2.75) is 19.9 Å². The van der Waals surface area contributed by atoms with Crippen molar-refractivity contribution in [3.8, 4) is 0 Å². The summed E-state index contributed by atoms with van der Waals surface area (Å²) in [7, 11) is 1.62. The van der Waals surface area contributed by atoms with Crippen LogP contribution in [0.3, 0.4) is 0 Å². The highest BCUT2D eigenvalue weighted by molar-refractivity contribution is 6.03. The summed E-state index contributed by atoms with van der Waals surface area (Å²) in [6.45, 7) is 4.02. The van der Waals surface area contributed by atoms with Gasteiger partial charge in [0.2, 0.25) is 0 Å². The van der Waals surface area contributed by atoms with Gasteiger partial charge in [-0.2, -0.15) is 0 Å². The van der Waals surface area contributed by atoms with Gasteiger partial charge in [-0.1, -0.05) is 0 Å². The minimum atomic E-state index is -0.177. The molecule has 0 aromatic heterocycles. The number of nitrogens with zero attached hydrogens (tertiary/aromatic N) is 1. The summed E-state index contributed by atoms with van der Waals surface area (Å²) in [6.07, 6.45) is 1.52. The summed E-state index contributed by atoms with van der Waals surface area (Å²) >= 11 is 0. The third kappa shape index (κ3) is 6.82. The van der Waals surface area contributed by atoms with Crippen LogP contribution in [0, 0.1) is 0 Å². The van der Waals surface area contributed by atoms with Crippen LogP contribution in [-0.2, 0) is 9.53 Å². The van der Waals surface area contributed by atoms with Crippen LogP contribution < -0.4 is 11.5 Å². The van der Waals surface area contributed by atoms with E-state index < -0.39 is 0 Å². The van der Waals surface area contributed by atoms with Gasteiger partial charge in [0.1, 0.15) is 0 Å². The quantitative estimate of drug-likeness (QED) is 0.474. The highest BCUT2D eigenvalue weighted by atomic mass is 16.5.